The Bertz CT molecular complexity index is 1830. The smallest absolute Gasteiger partial charge is 0.261 e. The molecular weight excluding hydrogens is 721 g/mol. The summed E-state index contributed by atoms with van der Waals surface area (Å²) < 4.78 is 85.8. The van der Waals surface area contributed by atoms with Crippen molar-refractivity contribution in [3.8, 4) is 57.0 Å². The molecule has 4 heterocycles. The number of rotatable bonds is 9. The zero-order valence-electron chi connectivity index (χ0n) is 29.6. The fourth-order valence-electron chi connectivity index (χ4n) is 4.97. The average molecular weight is 763 g/mol. The lowest BCUT2D eigenvalue weighted by Crippen LogP contribution is -2.30. The van der Waals surface area contributed by atoms with E-state index in [9.17, 15) is 16.8 Å². The van der Waals surface area contributed by atoms with Crippen LogP contribution < -0.4 is 38.2 Å². The van der Waals surface area contributed by atoms with Gasteiger partial charge in [-0.3, -0.25) is 19.1 Å². The van der Waals surface area contributed by atoms with Gasteiger partial charge in [0, 0.05) is 38.3 Å². The van der Waals surface area contributed by atoms with Gasteiger partial charge in [0.05, 0.1) is 61.9 Å². The number of ether oxygens (including phenoxy) is 6. The molecule has 2 aromatic carbocycles. The van der Waals surface area contributed by atoms with Gasteiger partial charge in [0.15, 0.2) is 23.0 Å². The van der Waals surface area contributed by atoms with E-state index in [0.29, 0.717) is 73.4 Å². The Morgan fingerprint density at radius 1 is 0.635 bits per heavy atom. The van der Waals surface area contributed by atoms with Crippen molar-refractivity contribution in [3.63, 3.8) is 0 Å². The molecule has 0 amide bonds. The number of hydrogen-bond donors (Lipinski definition) is 2. The minimum atomic E-state index is -3.67. The zero-order chi connectivity index (χ0) is 38.1. The van der Waals surface area contributed by atoms with Gasteiger partial charge in [-0.2, -0.15) is 16.8 Å². The summed E-state index contributed by atoms with van der Waals surface area (Å²) >= 11 is 0. The molecule has 282 valence electrons. The molecule has 52 heavy (non-hydrogen) atoms. The van der Waals surface area contributed by atoms with Gasteiger partial charge >= 0.3 is 0 Å². The Morgan fingerprint density at radius 3 is 1.29 bits per heavy atom. The molecule has 2 N–H and O–H groups in total. The number of aromatic nitrogens is 2. The molecule has 0 radical (unpaired) electrons. The number of methoxy groups -OCH3 is 2. The van der Waals surface area contributed by atoms with Crippen molar-refractivity contribution in [2.24, 2.45) is 0 Å². The molecule has 2 aliphatic rings. The highest BCUT2D eigenvalue weighted by molar-refractivity contribution is 7.85. The number of nitrogens with zero attached hydrogens (tertiary/aromatic N) is 4. The first kappa shape index (κ1) is 39.7. The van der Waals surface area contributed by atoms with E-state index in [0.717, 1.165) is 47.0 Å². The number of hydrogen-bond acceptors (Lipinski definition) is 14. The fourth-order valence-corrected chi connectivity index (χ4v) is 4.97. The van der Waals surface area contributed by atoms with Gasteiger partial charge in [-0.25, -0.2) is 0 Å². The standard InChI is InChI=1S/C32H34N4O6.2CH4O3S/c1-35(23-5-7-25(33-19-23)21-15-27(37-3)31-29(17-21)39-11-13-41-31)9-10-36(2)24-6-8-26(34-20-24)22-16-28(38-4)32-30(18-22)40-12-14-42-32;2*1-5(2,3)4/h5-8,15-20H,9-14H2,1-4H3;2*1H3,(H,2,3,4). The summed E-state index contributed by atoms with van der Waals surface area (Å²) in [5.41, 5.74) is 5.55. The second kappa shape index (κ2) is 17.5. The van der Waals surface area contributed by atoms with E-state index >= 15 is 0 Å². The van der Waals surface area contributed by atoms with E-state index in [1.54, 1.807) is 14.2 Å². The van der Waals surface area contributed by atoms with E-state index in [1.807, 2.05) is 48.8 Å². The van der Waals surface area contributed by atoms with Crippen LogP contribution in [0.5, 0.6) is 34.5 Å². The molecule has 16 nitrogen and oxygen atoms in total. The van der Waals surface area contributed by atoms with Crippen molar-refractivity contribution in [1.29, 1.82) is 0 Å². The zero-order valence-corrected chi connectivity index (χ0v) is 31.2. The first-order chi connectivity index (χ1) is 24.5. The van der Waals surface area contributed by atoms with Crippen LogP contribution in [-0.2, 0) is 20.2 Å². The van der Waals surface area contributed by atoms with E-state index in [4.69, 9.17) is 47.5 Å². The minimum absolute atomic E-state index is 0.510. The van der Waals surface area contributed by atoms with Crippen LogP contribution in [0.25, 0.3) is 22.5 Å². The number of anilines is 2. The van der Waals surface area contributed by atoms with E-state index in [2.05, 4.69) is 36.0 Å². The molecule has 0 saturated heterocycles. The number of likely N-dealkylation sites (N-methyl/N-ethyl adjacent to an activating group) is 2. The maximum absolute atomic E-state index is 9.19. The average Bonchev–Trinajstić information content (AvgIpc) is 3.11. The van der Waals surface area contributed by atoms with Gasteiger partial charge in [0.1, 0.15) is 26.4 Å². The van der Waals surface area contributed by atoms with Crippen LogP contribution in [0.1, 0.15) is 0 Å². The SMILES string of the molecule is COc1cc(-c2ccc(N(C)CCN(C)c3ccc(-c4cc(OC)c5c(c4)OCCO5)nc3)cn2)cc2c1OCCO2.CS(=O)(=O)O.CS(=O)(=O)O. The van der Waals surface area contributed by atoms with Crippen molar-refractivity contribution in [2.75, 3.05) is 90.1 Å². The molecule has 4 aromatic rings. The Labute approximate surface area is 303 Å². The van der Waals surface area contributed by atoms with Gasteiger partial charge in [0.25, 0.3) is 20.2 Å². The summed E-state index contributed by atoms with van der Waals surface area (Å²) in [7, 11) is 0.0481. The van der Waals surface area contributed by atoms with E-state index in [-0.39, 0.29) is 0 Å². The van der Waals surface area contributed by atoms with Gasteiger partial charge in [-0.15, -0.1) is 0 Å². The van der Waals surface area contributed by atoms with Crippen LogP contribution in [0.4, 0.5) is 11.4 Å². The molecule has 2 aromatic heterocycles. The van der Waals surface area contributed by atoms with Crippen LogP contribution in [0, 0.1) is 0 Å². The van der Waals surface area contributed by atoms with Crippen LogP contribution in [0.15, 0.2) is 60.9 Å². The molecule has 0 saturated carbocycles. The molecule has 0 aliphatic carbocycles. The third-order valence-corrected chi connectivity index (χ3v) is 7.40. The van der Waals surface area contributed by atoms with E-state index in [1.165, 1.54) is 0 Å². The monoisotopic (exact) mass is 762 g/mol. The number of benzene rings is 2. The summed E-state index contributed by atoms with van der Waals surface area (Å²) in [5, 5.41) is 0. The maximum Gasteiger partial charge on any atom is 0.261 e. The van der Waals surface area contributed by atoms with Crippen molar-refractivity contribution >= 4 is 31.6 Å². The third kappa shape index (κ3) is 11.8. The lowest BCUT2D eigenvalue weighted by molar-refractivity contribution is 0.165. The van der Waals surface area contributed by atoms with Gasteiger partial charge in [-0.05, 0) is 48.5 Å². The van der Waals surface area contributed by atoms with Gasteiger partial charge in [0.2, 0.25) is 11.5 Å². The first-order valence-corrected chi connectivity index (χ1v) is 19.4. The quantitative estimate of drug-likeness (QED) is 0.232. The minimum Gasteiger partial charge on any atom is -0.493 e. The normalized spacial score (nSPS) is 13.0. The largest absolute Gasteiger partial charge is 0.493 e. The van der Waals surface area contributed by atoms with Gasteiger partial charge < -0.3 is 38.2 Å². The lowest BCUT2D eigenvalue weighted by atomic mass is 10.1. The highest BCUT2D eigenvalue weighted by atomic mass is 32.2. The summed E-state index contributed by atoms with van der Waals surface area (Å²) in [4.78, 5) is 13.8. The van der Waals surface area contributed by atoms with Crippen molar-refractivity contribution in [1.82, 2.24) is 9.97 Å². The predicted octanol–water partition coefficient (Wildman–Crippen LogP) is 3.95. The number of fused-ring (bicyclic) bond motifs is 2. The second-order valence-electron chi connectivity index (χ2n) is 11.5. The molecule has 0 unspecified atom stereocenters. The van der Waals surface area contributed by atoms with Crippen molar-refractivity contribution in [2.45, 2.75) is 0 Å². The highest BCUT2D eigenvalue weighted by Crippen LogP contribution is 2.44. The van der Waals surface area contributed by atoms with Crippen LogP contribution in [0.2, 0.25) is 0 Å². The Kier molecular flexibility index (Phi) is 13.3. The molecule has 0 spiro atoms. The first-order valence-electron chi connectivity index (χ1n) is 15.7. The van der Waals surface area contributed by atoms with Crippen LogP contribution in [-0.4, -0.2) is 116 Å². The molecule has 0 fully saturated rings. The molecule has 0 bridgehead atoms. The molecule has 2 aliphatic heterocycles. The van der Waals surface area contributed by atoms with Crippen molar-refractivity contribution < 1.29 is 54.4 Å². The number of pyridine rings is 2. The molecular formula is C34H42N4O12S2. The Hall–Kier alpha value is -5.04. The second-order valence-corrected chi connectivity index (χ2v) is 14.4. The predicted molar refractivity (Wildman–Crippen MR) is 196 cm³/mol. The van der Waals surface area contributed by atoms with Gasteiger partial charge in [-0.1, -0.05) is 0 Å². The van der Waals surface area contributed by atoms with E-state index < -0.39 is 20.2 Å². The molecule has 6 rings (SSSR count). The van der Waals surface area contributed by atoms with Crippen LogP contribution >= 0.6 is 0 Å². The highest BCUT2D eigenvalue weighted by Gasteiger charge is 2.21. The summed E-state index contributed by atoms with van der Waals surface area (Å²) in [6.07, 6.45) is 5.20. The summed E-state index contributed by atoms with van der Waals surface area (Å²) in [5.74, 6) is 3.91. The Balaban J connectivity index is 0.000000536. The lowest BCUT2D eigenvalue weighted by Gasteiger charge is -2.25. The maximum atomic E-state index is 9.19. The molecule has 0 atom stereocenters. The van der Waals surface area contributed by atoms with Crippen molar-refractivity contribution in [3.05, 3.63) is 60.9 Å². The topological polar surface area (TPSA) is 196 Å². The fraction of sp³-hybridized carbons (Fsp3) is 0.353. The third-order valence-electron chi connectivity index (χ3n) is 7.40. The summed E-state index contributed by atoms with van der Waals surface area (Å²) in [6, 6.07) is 15.9. The molecule has 18 heteroatoms. The Morgan fingerprint density at radius 2 is 0.981 bits per heavy atom. The summed E-state index contributed by atoms with van der Waals surface area (Å²) in [6.45, 7) is 3.65. The van der Waals surface area contributed by atoms with Crippen LogP contribution in [0.3, 0.4) is 0 Å².